The summed E-state index contributed by atoms with van der Waals surface area (Å²) in [6, 6.07) is 9.52. The SMILES string of the molecule is CCCc1[c]ccc(N(C)C)c1. The fourth-order valence-electron chi connectivity index (χ4n) is 1.19. The van der Waals surface area contributed by atoms with Gasteiger partial charge in [0.25, 0.3) is 0 Å². The number of anilines is 1. The Bertz CT molecular complexity index is 241. The highest BCUT2D eigenvalue weighted by Crippen LogP contribution is 2.13. The summed E-state index contributed by atoms with van der Waals surface area (Å²) in [7, 11) is 4.12. The molecule has 0 saturated heterocycles. The van der Waals surface area contributed by atoms with Gasteiger partial charge in [-0.25, -0.2) is 0 Å². The maximum Gasteiger partial charge on any atom is 0.0364 e. The van der Waals surface area contributed by atoms with Crippen LogP contribution in [-0.4, -0.2) is 14.1 Å². The quantitative estimate of drug-likeness (QED) is 0.660. The molecule has 0 aliphatic rings. The van der Waals surface area contributed by atoms with Crippen LogP contribution in [0.1, 0.15) is 18.9 Å². The van der Waals surface area contributed by atoms with Gasteiger partial charge >= 0.3 is 0 Å². The van der Waals surface area contributed by atoms with Crippen LogP contribution in [0.15, 0.2) is 18.2 Å². The van der Waals surface area contributed by atoms with E-state index >= 15 is 0 Å². The minimum absolute atomic E-state index is 1.13. The second kappa shape index (κ2) is 4.15. The Kier molecular flexibility index (Phi) is 3.15. The maximum atomic E-state index is 3.24. The second-order valence-corrected chi connectivity index (χ2v) is 3.22. The lowest BCUT2D eigenvalue weighted by Gasteiger charge is -2.12. The Morgan fingerprint density at radius 3 is 2.75 bits per heavy atom. The molecule has 0 spiro atoms. The first-order valence-corrected chi connectivity index (χ1v) is 4.42. The Hall–Kier alpha value is -0.980. The number of benzene rings is 1. The molecule has 1 radical (unpaired) electrons. The Morgan fingerprint density at radius 1 is 1.42 bits per heavy atom. The van der Waals surface area contributed by atoms with Crippen LogP contribution in [0.25, 0.3) is 0 Å². The lowest BCUT2D eigenvalue weighted by Crippen LogP contribution is -2.08. The van der Waals surface area contributed by atoms with E-state index in [-0.39, 0.29) is 0 Å². The monoisotopic (exact) mass is 162 g/mol. The molecule has 0 N–H and O–H groups in total. The van der Waals surface area contributed by atoms with Gasteiger partial charge in [0.15, 0.2) is 0 Å². The maximum absolute atomic E-state index is 3.24. The molecule has 1 nitrogen and oxygen atoms in total. The lowest BCUT2D eigenvalue weighted by molar-refractivity contribution is 0.918. The van der Waals surface area contributed by atoms with Crippen LogP contribution in [0.4, 0.5) is 5.69 Å². The van der Waals surface area contributed by atoms with E-state index in [9.17, 15) is 0 Å². The van der Waals surface area contributed by atoms with Crippen molar-refractivity contribution in [2.75, 3.05) is 19.0 Å². The van der Waals surface area contributed by atoms with Gasteiger partial charge in [-0.1, -0.05) is 19.4 Å². The highest BCUT2D eigenvalue weighted by Gasteiger charge is 1.96. The van der Waals surface area contributed by atoms with Crippen LogP contribution in [0.2, 0.25) is 0 Å². The van der Waals surface area contributed by atoms with Crippen molar-refractivity contribution in [3.05, 3.63) is 29.8 Å². The predicted molar refractivity (Wildman–Crippen MR) is 53.6 cm³/mol. The fraction of sp³-hybridized carbons (Fsp3) is 0.455. The van der Waals surface area contributed by atoms with E-state index in [0.29, 0.717) is 0 Å². The summed E-state index contributed by atoms with van der Waals surface area (Å²) in [5, 5.41) is 0. The zero-order valence-electron chi connectivity index (χ0n) is 8.09. The summed E-state index contributed by atoms with van der Waals surface area (Å²) >= 11 is 0. The van der Waals surface area contributed by atoms with E-state index < -0.39 is 0 Å². The van der Waals surface area contributed by atoms with Crippen molar-refractivity contribution in [2.45, 2.75) is 19.8 Å². The molecular formula is C11H16N. The molecule has 0 fully saturated rings. The molecule has 0 aromatic heterocycles. The Morgan fingerprint density at radius 2 is 2.17 bits per heavy atom. The van der Waals surface area contributed by atoms with Crippen LogP contribution in [0.3, 0.4) is 0 Å². The molecular weight excluding hydrogens is 146 g/mol. The van der Waals surface area contributed by atoms with Gasteiger partial charge in [0, 0.05) is 19.8 Å². The molecule has 65 valence electrons. The average molecular weight is 162 g/mol. The summed E-state index contributed by atoms with van der Waals surface area (Å²) in [5.74, 6) is 0. The largest absolute Gasteiger partial charge is 0.378 e. The molecule has 0 saturated carbocycles. The van der Waals surface area contributed by atoms with Crippen molar-refractivity contribution in [1.82, 2.24) is 0 Å². The van der Waals surface area contributed by atoms with Crippen LogP contribution in [0, 0.1) is 6.07 Å². The minimum atomic E-state index is 1.13. The lowest BCUT2D eigenvalue weighted by atomic mass is 10.1. The standard InChI is InChI=1S/C11H16N/c1-4-6-10-7-5-8-11(9-10)12(2)3/h5,8-9H,4,6H2,1-3H3. The van der Waals surface area contributed by atoms with Crippen molar-refractivity contribution in [3.8, 4) is 0 Å². The van der Waals surface area contributed by atoms with Crippen molar-refractivity contribution >= 4 is 5.69 Å². The summed E-state index contributed by atoms with van der Waals surface area (Å²) in [4.78, 5) is 2.12. The van der Waals surface area contributed by atoms with Crippen molar-refractivity contribution in [3.63, 3.8) is 0 Å². The van der Waals surface area contributed by atoms with E-state index in [0.717, 1.165) is 6.42 Å². The Labute approximate surface area is 75.0 Å². The minimum Gasteiger partial charge on any atom is -0.378 e. The average Bonchev–Trinajstić information content (AvgIpc) is 2.05. The molecule has 1 aromatic carbocycles. The predicted octanol–water partition coefficient (Wildman–Crippen LogP) is 2.51. The summed E-state index contributed by atoms with van der Waals surface area (Å²) in [6.07, 6.45) is 2.31. The van der Waals surface area contributed by atoms with Crippen LogP contribution in [-0.2, 0) is 6.42 Å². The van der Waals surface area contributed by atoms with Crippen molar-refractivity contribution in [2.24, 2.45) is 0 Å². The summed E-state index contributed by atoms with van der Waals surface area (Å²) < 4.78 is 0. The van der Waals surface area contributed by atoms with Crippen molar-refractivity contribution in [1.29, 1.82) is 0 Å². The molecule has 0 aliphatic carbocycles. The summed E-state index contributed by atoms with van der Waals surface area (Å²) in [6.45, 7) is 2.19. The fourth-order valence-corrected chi connectivity index (χ4v) is 1.19. The number of rotatable bonds is 3. The first-order chi connectivity index (χ1) is 5.74. The van der Waals surface area contributed by atoms with E-state index in [1.54, 1.807) is 0 Å². The molecule has 0 bridgehead atoms. The second-order valence-electron chi connectivity index (χ2n) is 3.22. The third kappa shape index (κ3) is 2.26. The van der Waals surface area contributed by atoms with Gasteiger partial charge in [-0.2, -0.15) is 0 Å². The zero-order valence-corrected chi connectivity index (χ0v) is 8.09. The smallest absolute Gasteiger partial charge is 0.0364 e. The van der Waals surface area contributed by atoms with Crippen LogP contribution >= 0.6 is 0 Å². The number of hydrogen-bond donors (Lipinski definition) is 0. The first-order valence-electron chi connectivity index (χ1n) is 4.42. The molecule has 1 rings (SSSR count). The topological polar surface area (TPSA) is 3.24 Å². The summed E-state index contributed by atoms with van der Waals surface area (Å²) in [5.41, 5.74) is 2.57. The number of hydrogen-bond acceptors (Lipinski definition) is 1. The van der Waals surface area contributed by atoms with E-state index in [1.165, 1.54) is 17.7 Å². The molecule has 0 unspecified atom stereocenters. The van der Waals surface area contributed by atoms with Gasteiger partial charge < -0.3 is 4.90 Å². The van der Waals surface area contributed by atoms with Crippen LogP contribution in [0.5, 0.6) is 0 Å². The molecule has 0 amide bonds. The van der Waals surface area contributed by atoms with E-state index in [4.69, 9.17) is 0 Å². The molecule has 0 atom stereocenters. The molecule has 12 heavy (non-hydrogen) atoms. The van der Waals surface area contributed by atoms with E-state index in [1.807, 2.05) is 6.07 Å². The molecule has 0 heterocycles. The van der Waals surface area contributed by atoms with Gasteiger partial charge in [0.05, 0.1) is 0 Å². The van der Waals surface area contributed by atoms with Crippen molar-refractivity contribution < 1.29 is 0 Å². The zero-order chi connectivity index (χ0) is 8.97. The Balaban J connectivity index is 2.81. The van der Waals surface area contributed by atoms with Crippen LogP contribution < -0.4 is 4.90 Å². The molecule has 1 heteroatoms. The first kappa shape index (κ1) is 9.11. The number of nitrogens with zero attached hydrogens (tertiary/aromatic N) is 1. The van der Waals surface area contributed by atoms with E-state index in [2.05, 4.69) is 44.1 Å². The van der Waals surface area contributed by atoms with Gasteiger partial charge in [0.2, 0.25) is 0 Å². The third-order valence-corrected chi connectivity index (χ3v) is 1.88. The van der Waals surface area contributed by atoms with Gasteiger partial charge in [-0.3, -0.25) is 0 Å². The number of aryl methyl sites for hydroxylation is 1. The molecule has 1 aromatic rings. The van der Waals surface area contributed by atoms with Gasteiger partial charge in [0.1, 0.15) is 0 Å². The highest BCUT2D eigenvalue weighted by atomic mass is 15.1. The highest BCUT2D eigenvalue weighted by molar-refractivity contribution is 5.46. The normalized spacial score (nSPS) is 9.92. The van der Waals surface area contributed by atoms with Gasteiger partial charge in [-0.15, -0.1) is 0 Å². The third-order valence-electron chi connectivity index (χ3n) is 1.88. The van der Waals surface area contributed by atoms with Gasteiger partial charge in [-0.05, 0) is 30.2 Å². The molecule has 0 aliphatic heterocycles.